The summed E-state index contributed by atoms with van der Waals surface area (Å²) in [6, 6.07) is 22.2. The Morgan fingerprint density at radius 1 is 0.971 bits per heavy atom. The summed E-state index contributed by atoms with van der Waals surface area (Å²) in [5.41, 5.74) is 0.288. The molecule has 0 spiro atoms. The number of nitrogens with zero attached hydrogens (tertiary/aromatic N) is 1. The highest BCUT2D eigenvalue weighted by Crippen LogP contribution is 2.35. The van der Waals surface area contributed by atoms with Crippen molar-refractivity contribution in [3.63, 3.8) is 0 Å². The predicted octanol–water partition coefficient (Wildman–Crippen LogP) is 3.80. The van der Waals surface area contributed by atoms with E-state index in [1.807, 2.05) is 60.7 Å². The van der Waals surface area contributed by atoms with Crippen molar-refractivity contribution >= 4 is 44.5 Å². The topological polar surface area (TPSA) is 102 Å². The van der Waals surface area contributed by atoms with Gasteiger partial charge in [0.2, 0.25) is 10.0 Å². The van der Waals surface area contributed by atoms with Crippen molar-refractivity contribution in [2.45, 2.75) is 23.3 Å². The second-order valence-corrected chi connectivity index (χ2v) is 11.0. The van der Waals surface area contributed by atoms with E-state index in [-0.39, 0.29) is 33.4 Å². The fourth-order valence-electron chi connectivity index (χ4n) is 4.08. The van der Waals surface area contributed by atoms with Gasteiger partial charge in [-0.05, 0) is 64.8 Å². The monoisotopic (exact) mass is 606 g/mol. The number of sulfonamides is 1. The predicted molar refractivity (Wildman–Crippen MR) is 140 cm³/mol. The van der Waals surface area contributed by atoms with E-state index in [9.17, 15) is 17.6 Å². The standard InChI is InChI=1S/C25H24FIN4O3S/c26-21-14-13-20(17-22(21)27)35(33,34)29-15-7-8-16-31-23(32)25(30-24(31)28,18-9-3-1-4-10-18)19-11-5-2-6-12-19/h1-6,9-14,17,29H,7-8,15-16H2,(H2,28,30). The van der Waals surface area contributed by atoms with Gasteiger partial charge in [-0.1, -0.05) is 60.7 Å². The molecular weight excluding hydrogens is 582 g/mol. The van der Waals surface area contributed by atoms with Crippen molar-refractivity contribution in [3.8, 4) is 0 Å². The third-order valence-corrected chi connectivity index (χ3v) is 8.14. The number of guanidine groups is 1. The minimum absolute atomic E-state index is 0.000459. The van der Waals surface area contributed by atoms with E-state index in [1.54, 1.807) is 22.6 Å². The molecule has 1 amide bonds. The van der Waals surface area contributed by atoms with Gasteiger partial charge in [-0.15, -0.1) is 0 Å². The molecule has 0 saturated carbocycles. The van der Waals surface area contributed by atoms with Crippen LogP contribution in [0.3, 0.4) is 0 Å². The molecule has 3 N–H and O–H groups in total. The van der Waals surface area contributed by atoms with Crippen molar-refractivity contribution in [1.82, 2.24) is 14.9 Å². The Kier molecular flexibility index (Phi) is 7.53. The van der Waals surface area contributed by atoms with E-state index >= 15 is 0 Å². The molecule has 10 heteroatoms. The second-order valence-electron chi connectivity index (χ2n) is 8.09. The minimum Gasteiger partial charge on any atom is -0.334 e. The number of amides is 1. The number of unbranched alkanes of at least 4 members (excludes halogenated alkanes) is 1. The summed E-state index contributed by atoms with van der Waals surface area (Å²) < 4.78 is 41.1. The smallest absolute Gasteiger partial charge is 0.264 e. The molecule has 1 fully saturated rings. The van der Waals surface area contributed by atoms with Crippen LogP contribution in [-0.2, 0) is 20.4 Å². The third kappa shape index (κ3) is 5.09. The number of halogens is 2. The SMILES string of the molecule is N=C1NC(c2ccccc2)(c2ccccc2)C(=O)N1CCCCNS(=O)(=O)c1ccc(F)c(I)c1. The van der Waals surface area contributed by atoms with Crippen molar-refractivity contribution in [2.75, 3.05) is 13.1 Å². The number of rotatable bonds is 9. The molecule has 0 aliphatic carbocycles. The maximum absolute atomic E-state index is 13.7. The summed E-state index contributed by atoms with van der Waals surface area (Å²) in [6.07, 6.45) is 0.942. The molecule has 3 aromatic carbocycles. The molecule has 1 heterocycles. The number of benzene rings is 3. The summed E-state index contributed by atoms with van der Waals surface area (Å²) >= 11 is 1.75. The van der Waals surface area contributed by atoms with Gasteiger partial charge in [0, 0.05) is 13.1 Å². The van der Waals surface area contributed by atoms with Crippen LogP contribution in [0.1, 0.15) is 24.0 Å². The summed E-state index contributed by atoms with van der Waals surface area (Å²) in [7, 11) is -3.77. The molecule has 35 heavy (non-hydrogen) atoms. The van der Waals surface area contributed by atoms with Gasteiger partial charge in [0.15, 0.2) is 11.5 Å². The van der Waals surface area contributed by atoms with Crippen molar-refractivity contribution in [3.05, 3.63) is 99.4 Å². The van der Waals surface area contributed by atoms with Crippen LogP contribution >= 0.6 is 22.6 Å². The Balaban J connectivity index is 1.42. The van der Waals surface area contributed by atoms with Crippen molar-refractivity contribution in [1.29, 1.82) is 5.41 Å². The van der Waals surface area contributed by atoms with Gasteiger partial charge in [-0.25, -0.2) is 17.5 Å². The quantitative estimate of drug-likeness (QED) is 0.255. The summed E-state index contributed by atoms with van der Waals surface area (Å²) in [5, 5.41) is 11.6. The Morgan fingerprint density at radius 3 is 2.14 bits per heavy atom. The summed E-state index contributed by atoms with van der Waals surface area (Å²) in [4.78, 5) is 15.1. The Bertz CT molecular complexity index is 1300. The average molecular weight is 606 g/mol. The minimum atomic E-state index is -3.77. The lowest BCUT2D eigenvalue weighted by Gasteiger charge is -2.28. The molecule has 7 nitrogen and oxygen atoms in total. The number of carbonyl (C=O) groups is 1. The molecule has 0 aromatic heterocycles. The lowest BCUT2D eigenvalue weighted by Crippen LogP contribution is -2.45. The Morgan fingerprint density at radius 2 is 1.57 bits per heavy atom. The van der Waals surface area contributed by atoms with Gasteiger partial charge in [-0.2, -0.15) is 0 Å². The molecule has 0 unspecified atom stereocenters. The van der Waals surface area contributed by atoms with Crippen molar-refractivity contribution in [2.24, 2.45) is 0 Å². The third-order valence-electron chi connectivity index (χ3n) is 5.86. The lowest BCUT2D eigenvalue weighted by molar-refractivity contribution is -0.130. The van der Waals surface area contributed by atoms with Crippen LogP contribution < -0.4 is 10.0 Å². The van der Waals surface area contributed by atoms with Crippen LogP contribution in [0.15, 0.2) is 83.8 Å². The molecular formula is C25H24FIN4O3S. The van der Waals surface area contributed by atoms with Crippen LogP contribution in [0, 0.1) is 14.8 Å². The molecule has 1 saturated heterocycles. The Hall–Kier alpha value is -2.83. The highest BCUT2D eigenvalue weighted by Gasteiger charge is 2.51. The van der Waals surface area contributed by atoms with Gasteiger partial charge >= 0.3 is 0 Å². The zero-order valence-corrected chi connectivity index (χ0v) is 21.6. The van der Waals surface area contributed by atoms with Gasteiger partial charge in [0.05, 0.1) is 8.47 Å². The van der Waals surface area contributed by atoms with E-state index in [1.165, 1.54) is 17.0 Å². The molecule has 0 bridgehead atoms. The zero-order chi connectivity index (χ0) is 25.1. The van der Waals surface area contributed by atoms with E-state index in [0.29, 0.717) is 12.8 Å². The molecule has 0 atom stereocenters. The van der Waals surface area contributed by atoms with Crippen LogP contribution in [0.25, 0.3) is 0 Å². The molecule has 1 aliphatic rings. The first-order valence-electron chi connectivity index (χ1n) is 11.0. The van der Waals surface area contributed by atoms with E-state index in [4.69, 9.17) is 5.41 Å². The summed E-state index contributed by atoms with van der Waals surface area (Å²) in [6.45, 7) is 0.420. The van der Waals surface area contributed by atoms with Crippen LogP contribution in [0.2, 0.25) is 0 Å². The molecule has 3 aromatic rings. The fraction of sp³-hybridized carbons (Fsp3) is 0.200. The number of nitrogens with one attached hydrogen (secondary N) is 3. The van der Waals surface area contributed by atoms with E-state index < -0.39 is 21.4 Å². The highest BCUT2D eigenvalue weighted by molar-refractivity contribution is 14.1. The Labute approximate surface area is 217 Å². The lowest BCUT2D eigenvalue weighted by atomic mass is 9.82. The molecule has 4 rings (SSSR count). The number of carbonyl (C=O) groups excluding carboxylic acids is 1. The first-order valence-corrected chi connectivity index (χ1v) is 13.6. The van der Waals surface area contributed by atoms with E-state index in [0.717, 1.165) is 17.2 Å². The first kappa shape index (κ1) is 25.3. The largest absolute Gasteiger partial charge is 0.334 e. The average Bonchev–Trinajstić information content (AvgIpc) is 3.12. The maximum atomic E-state index is 13.7. The number of hydrogen-bond acceptors (Lipinski definition) is 4. The second kappa shape index (κ2) is 10.4. The van der Waals surface area contributed by atoms with Gasteiger partial charge in [0.1, 0.15) is 5.82 Å². The zero-order valence-electron chi connectivity index (χ0n) is 18.7. The van der Waals surface area contributed by atoms with Crippen LogP contribution in [-0.4, -0.2) is 38.3 Å². The van der Waals surface area contributed by atoms with E-state index in [2.05, 4.69) is 10.0 Å². The van der Waals surface area contributed by atoms with Crippen LogP contribution in [0.5, 0.6) is 0 Å². The van der Waals surface area contributed by atoms with Crippen molar-refractivity contribution < 1.29 is 17.6 Å². The van der Waals surface area contributed by atoms with Gasteiger partial charge in [-0.3, -0.25) is 15.1 Å². The molecule has 1 aliphatic heterocycles. The molecule has 182 valence electrons. The fourth-order valence-corrected chi connectivity index (χ4v) is 5.91. The first-order chi connectivity index (χ1) is 16.8. The summed E-state index contributed by atoms with van der Waals surface area (Å²) in [5.74, 6) is -0.719. The highest BCUT2D eigenvalue weighted by atomic mass is 127. The van der Waals surface area contributed by atoms with Crippen LogP contribution in [0.4, 0.5) is 4.39 Å². The normalized spacial score (nSPS) is 15.3. The maximum Gasteiger partial charge on any atom is 0.264 e. The van der Waals surface area contributed by atoms with Gasteiger partial charge in [0.25, 0.3) is 5.91 Å². The van der Waals surface area contributed by atoms with Gasteiger partial charge < -0.3 is 5.32 Å². The molecule has 0 radical (unpaired) electrons. The number of hydrogen-bond donors (Lipinski definition) is 3.